The van der Waals surface area contributed by atoms with E-state index >= 15 is 0 Å². The van der Waals surface area contributed by atoms with Gasteiger partial charge in [-0.25, -0.2) is 0 Å². The van der Waals surface area contributed by atoms with Crippen molar-refractivity contribution in [3.05, 3.63) is 212 Å². The van der Waals surface area contributed by atoms with Crippen LogP contribution in [0, 0.1) is 0 Å². The maximum atomic E-state index is 6.79. The summed E-state index contributed by atoms with van der Waals surface area (Å²) in [6.45, 7) is 0. The van der Waals surface area contributed by atoms with Crippen molar-refractivity contribution < 1.29 is 4.42 Å². The highest BCUT2D eigenvalue weighted by Crippen LogP contribution is 2.42. The van der Waals surface area contributed by atoms with Gasteiger partial charge in [-0.3, -0.25) is 0 Å². The van der Waals surface area contributed by atoms with Gasteiger partial charge < -0.3 is 9.32 Å². The highest BCUT2D eigenvalue weighted by Gasteiger charge is 2.51. The number of benzene rings is 9. The molecule has 0 saturated carbocycles. The van der Waals surface area contributed by atoms with E-state index in [2.05, 4.69) is 217 Å². The molecule has 2 nitrogen and oxygen atoms in total. The van der Waals surface area contributed by atoms with E-state index in [1.165, 1.54) is 57.0 Å². The summed E-state index contributed by atoms with van der Waals surface area (Å²) in [5.41, 5.74) is 9.75. The maximum Gasteiger partial charge on any atom is 0.184 e. The third kappa shape index (κ3) is 5.50. The van der Waals surface area contributed by atoms with Crippen molar-refractivity contribution in [3.8, 4) is 22.3 Å². The molecule has 0 N–H and O–H groups in total. The molecule has 10 aromatic rings. The average Bonchev–Trinajstić information content (AvgIpc) is 3.67. The summed E-state index contributed by atoms with van der Waals surface area (Å²) < 4.78 is 6.79. The van der Waals surface area contributed by atoms with E-state index in [0.29, 0.717) is 0 Å². The van der Waals surface area contributed by atoms with Gasteiger partial charge in [-0.15, -0.1) is 0 Å². The van der Waals surface area contributed by atoms with Gasteiger partial charge in [0.1, 0.15) is 11.2 Å². The van der Waals surface area contributed by atoms with Crippen LogP contribution in [-0.4, -0.2) is 8.07 Å². The summed E-state index contributed by atoms with van der Waals surface area (Å²) in [4.78, 5) is 7.76. The fraction of sp³-hybridized carbons (Fsp3) is 0. The van der Waals surface area contributed by atoms with Crippen molar-refractivity contribution in [1.82, 2.24) is 0 Å². The van der Waals surface area contributed by atoms with Crippen LogP contribution in [0.2, 0.25) is 0 Å². The minimum Gasteiger partial charge on any atom is -0.456 e. The Morgan fingerprint density at radius 3 is 1.41 bits per heavy atom. The van der Waals surface area contributed by atoms with Crippen LogP contribution in [0.25, 0.3) is 44.2 Å². The normalized spacial score (nSPS) is 13.4. The molecule has 0 fully saturated rings. The molecule has 59 heavy (non-hydrogen) atoms. The van der Waals surface area contributed by atoms with E-state index in [0.717, 1.165) is 44.6 Å². The van der Waals surface area contributed by atoms with E-state index in [4.69, 9.17) is 4.42 Å². The molecule has 9 aromatic carbocycles. The molecular weight excluding hydrogens is 771 g/mol. The van der Waals surface area contributed by atoms with Gasteiger partial charge in [-0.05, 0) is 116 Å². The number of furan rings is 1. The van der Waals surface area contributed by atoms with Crippen molar-refractivity contribution in [1.29, 1.82) is 0 Å². The van der Waals surface area contributed by atoms with Gasteiger partial charge >= 0.3 is 0 Å². The molecule has 278 valence electrons. The zero-order valence-electron chi connectivity index (χ0n) is 31.9. The Hall–Kier alpha value is -6.50. The Kier molecular flexibility index (Phi) is 8.08. The molecule has 0 radical (unpaired) electrons. The van der Waals surface area contributed by atoms with E-state index in [9.17, 15) is 0 Å². The lowest BCUT2D eigenvalue weighted by Crippen LogP contribution is -2.78. The van der Waals surface area contributed by atoms with Gasteiger partial charge in [0, 0.05) is 53.5 Å². The topological polar surface area (TPSA) is 16.4 Å². The van der Waals surface area contributed by atoms with E-state index in [1.807, 2.05) is 23.5 Å². The minimum absolute atomic E-state index is 0.870. The molecular formula is C54H35NOS2Si. The fourth-order valence-corrected chi connectivity index (χ4v) is 18.5. The van der Waals surface area contributed by atoms with Gasteiger partial charge in [0.05, 0.1) is 0 Å². The van der Waals surface area contributed by atoms with Crippen LogP contribution in [0.15, 0.2) is 236 Å². The molecule has 0 bridgehead atoms. The summed E-state index contributed by atoms with van der Waals surface area (Å²) in [6.07, 6.45) is 0. The standard InChI is InChI=1S/C54H35NOS2Si/c1-3-13-36(14-4-1)37-23-27-41(28-24-37)55(40-15-5-2-6-16-40)42-29-31-44-43-30-25-38(33-45(43)56-46(44)35-42)39-26-32-50-54(34-39)59(53-22-12-9-19-49(53)58-50)51-20-10-7-17-47(51)57-48-18-8-11-21-52(48)59/h1-35H. The summed E-state index contributed by atoms with van der Waals surface area (Å²) in [5.74, 6) is 0. The third-order valence-electron chi connectivity index (χ3n) is 12.0. The van der Waals surface area contributed by atoms with Crippen LogP contribution in [0.1, 0.15) is 0 Å². The van der Waals surface area contributed by atoms with E-state index < -0.39 is 8.07 Å². The van der Waals surface area contributed by atoms with Crippen LogP contribution in [-0.2, 0) is 0 Å². The number of hydrogen-bond acceptors (Lipinski definition) is 4. The van der Waals surface area contributed by atoms with E-state index in [-0.39, 0.29) is 0 Å². The Balaban J connectivity index is 0.974. The molecule has 2 aliphatic rings. The molecule has 12 rings (SSSR count). The van der Waals surface area contributed by atoms with Crippen molar-refractivity contribution >= 4 is 91.3 Å². The number of rotatable bonds is 5. The van der Waals surface area contributed by atoms with Gasteiger partial charge in [0.15, 0.2) is 8.07 Å². The second-order valence-electron chi connectivity index (χ2n) is 15.2. The van der Waals surface area contributed by atoms with Gasteiger partial charge in [-0.1, -0.05) is 157 Å². The lowest BCUT2D eigenvalue weighted by molar-refractivity contribution is 0.669. The molecule has 0 unspecified atom stereocenters. The van der Waals surface area contributed by atoms with Crippen LogP contribution in [0.4, 0.5) is 17.1 Å². The Labute approximate surface area is 352 Å². The van der Waals surface area contributed by atoms with Gasteiger partial charge in [-0.2, -0.15) is 0 Å². The van der Waals surface area contributed by atoms with Gasteiger partial charge in [0.2, 0.25) is 0 Å². The number of fused-ring (bicyclic) bond motifs is 11. The number of nitrogens with zero attached hydrogens (tertiary/aromatic N) is 1. The molecule has 3 heterocycles. The largest absolute Gasteiger partial charge is 0.456 e. The molecule has 1 aromatic heterocycles. The summed E-state index contributed by atoms with van der Waals surface area (Å²) in [5, 5.41) is 8.14. The molecule has 5 heteroatoms. The maximum absolute atomic E-state index is 6.79. The SMILES string of the molecule is c1ccc(-c2ccc(N(c3ccccc3)c3ccc4c(c3)oc3cc(-c5ccc6c(c5)[Si]5(c7ccccc7Sc7ccccc75)c5ccccc5S6)ccc34)cc2)cc1. The average molecular weight is 806 g/mol. The van der Waals surface area contributed by atoms with Crippen molar-refractivity contribution in [2.45, 2.75) is 19.6 Å². The fourth-order valence-electron chi connectivity index (χ4n) is 9.34. The van der Waals surface area contributed by atoms with Crippen molar-refractivity contribution in [3.63, 3.8) is 0 Å². The minimum atomic E-state index is -2.66. The smallest absolute Gasteiger partial charge is 0.184 e. The quantitative estimate of drug-likeness (QED) is 0.161. The van der Waals surface area contributed by atoms with Crippen LogP contribution in [0.5, 0.6) is 0 Å². The zero-order chi connectivity index (χ0) is 38.9. The molecule has 0 amide bonds. The molecule has 2 aliphatic heterocycles. The van der Waals surface area contributed by atoms with Crippen molar-refractivity contribution in [2.24, 2.45) is 0 Å². The monoisotopic (exact) mass is 805 g/mol. The second-order valence-corrected chi connectivity index (χ2v) is 21.1. The van der Waals surface area contributed by atoms with E-state index in [1.54, 1.807) is 0 Å². The van der Waals surface area contributed by atoms with Crippen molar-refractivity contribution in [2.75, 3.05) is 4.90 Å². The highest BCUT2D eigenvalue weighted by atomic mass is 32.2. The first-order chi connectivity index (χ1) is 29.2. The molecule has 1 spiro atoms. The van der Waals surface area contributed by atoms with Crippen LogP contribution >= 0.6 is 23.5 Å². The predicted molar refractivity (Wildman–Crippen MR) is 251 cm³/mol. The zero-order valence-corrected chi connectivity index (χ0v) is 34.5. The lowest BCUT2D eigenvalue weighted by atomic mass is 10.0. The summed E-state index contributed by atoms with van der Waals surface area (Å²) in [6, 6.07) is 77.9. The van der Waals surface area contributed by atoms with Crippen LogP contribution < -0.4 is 25.6 Å². The predicted octanol–water partition coefficient (Wildman–Crippen LogP) is 12.7. The number of hydrogen-bond donors (Lipinski definition) is 0. The summed E-state index contributed by atoms with van der Waals surface area (Å²) in [7, 11) is -2.66. The first kappa shape index (κ1) is 34.5. The summed E-state index contributed by atoms with van der Waals surface area (Å²) >= 11 is 3.83. The molecule has 0 saturated heterocycles. The molecule has 0 atom stereocenters. The Bertz CT molecular complexity index is 3130. The third-order valence-corrected chi connectivity index (χ3v) is 20.0. The number of anilines is 3. The lowest BCUT2D eigenvalue weighted by Gasteiger charge is -2.43. The Morgan fingerprint density at radius 1 is 0.322 bits per heavy atom. The second kappa shape index (κ2) is 13.8. The first-order valence-electron chi connectivity index (χ1n) is 20.0. The Morgan fingerprint density at radius 2 is 0.763 bits per heavy atom. The first-order valence-corrected chi connectivity index (χ1v) is 23.6. The highest BCUT2D eigenvalue weighted by molar-refractivity contribution is 8.01. The number of para-hydroxylation sites is 1. The molecule has 0 aliphatic carbocycles. The van der Waals surface area contributed by atoms with Crippen LogP contribution in [0.3, 0.4) is 0 Å². The van der Waals surface area contributed by atoms with Gasteiger partial charge in [0.25, 0.3) is 0 Å².